The Labute approximate surface area is 174 Å². The van der Waals surface area contributed by atoms with Gasteiger partial charge in [0.2, 0.25) is 0 Å². The Hall–Kier alpha value is -2.02. The molecule has 4 nitrogen and oxygen atoms in total. The summed E-state index contributed by atoms with van der Waals surface area (Å²) in [5.41, 5.74) is 1.94. The van der Waals surface area contributed by atoms with Gasteiger partial charge in [-0.15, -0.1) is 22.7 Å². The van der Waals surface area contributed by atoms with Crippen LogP contribution in [0, 0.1) is 0 Å². The van der Waals surface area contributed by atoms with Gasteiger partial charge in [0.25, 0.3) is 5.91 Å². The highest BCUT2D eigenvalue weighted by Crippen LogP contribution is 2.28. The zero-order valence-electron chi connectivity index (χ0n) is 16.1. The number of likely N-dealkylation sites (N-methyl/N-ethyl adjacent to an activating group) is 1. The number of piperidine rings is 1. The molecule has 1 atom stereocenters. The van der Waals surface area contributed by atoms with Crippen LogP contribution in [-0.2, 0) is 6.42 Å². The SMILES string of the molecule is CN(C(=O)c1csc(-c2cccs2)n1)C1CCCN(CCc2ccccc2)C1. The van der Waals surface area contributed by atoms with Crippen molar-refractivity contribution in [2.45, 2.75) is 25.3 Å². The largest absolute Gasteiger partial charge is 0.336 e. The minimum Gasteiger partial charge on any atom is -0.336 e. The van der Waals surface area contributed by atoms with E-state index in [2.05, 4.69) is 40.2 Å². The number of carbonyl (C=O) groups is 1. The van der Waals surface area contributed by atoms with Gasteiger partial charge in [-0.3, -0.25) is 4.79 Å². The molecule has 146 valence electrons. The highest BCUT2D eigenvalue weighted by Gasteiger charge is 2.27. The Kier molecular flexibility index (Phi) is 6.20. The molecule has 28 heavy (non-hydrogen) atoms. The topological polar surface area (TPSA) is 36.4 Å². The van der Waals surface area contributed by atoms with E-state index in [0.717, 1.165) is 48.8 Å². The van der Waals surface area contributed by atoms with Crippen LogP contribution in [0.3, 0.4) is 0 Å². The highest BCUT2D eigenvalue weighted by atomic mass is 32.1. The number of likely N-dealkylation sites (tertiary alicyclic amines) is 1. The van der Waals surface area contributed by atoms with Gasteiger partial charge in [0, 0.05) is 31.6 Å². The molecular formula is C22H25N3OS2. The summed E-state index contributed by atoms with van der Waals surface area (Å²) >= 11 is 3.21. The summed E-state index contributed by atoms with van der Waals surface area (Å²) in [4.78, 5) is 23.1. The number of nitrogens with zero attached hydrogens (tertiary/aromatic N) is 3. The summed E-state index contributed by atoms with van der Waals surface area (Å²) in [5.74, 6) is 0.0361. The number of thiazole rings is 1. The average Bonchev–Trinajstić information content (AvgIpc) is 3.44. The first-order chi connectivity index (χ1) is 13.7. The van der Waals surface area contributed by atoms with Crippen LogP contribution in [-0.4, -0.2) is 53.4 Å². The number of thiophene rings is 1. The van der Waals surface area contributed by atoms with Gasteiger partial charge < -0.3 is 9.80 Å². The zero-order chi connectivity index (χ0) is 19.3. The molecule has 1 saturated heterocycles. The molecule has 1 aromatic carbocycles. The Balaban J connectivity index is 1.35. The summed E-state index contributed by atoms with van der Waals surface area (Å²) in [6.45, 7) is 3.10. The first-order valence-electron chi connectivity index (χ1n) is 9.73. The van der Waals surface area contributed by atoms with Gasteiger partial charge in [-0.05, 0) is 42.8 Å². The number of amides is 1. The van der Waals surface area contributed by atoms with E-state index in [4.69, 9.17) is 0 Å². The Bertz CT molecular complexity index is 892. The molecule has 2 aromatic heterocycles. The molecule has 1 fully saturated rings. The van der Waals surface area contributed by atoms with E-state index >= 15 is 0 Å². The van der Waals surface area contributed by atoms with Crippen molar-refractivity contribution in [3.05, 3.63) is 64.5 Å². The third-order valence-corrected chi connectivity index (χ3v) is 7.24. The van der Waals surface area contributed by atoms with Gasteiger partial charge in [0.05, 0.1) is 4.88 Å². The van der Waals surface area contributed by atoms with Crippen LogP contribution >= 0.6 is 22.7 Å². The summed E-state index contributed by atoms with van der Waals surface area (Å²) in [6.07, 6.45) is 3.25. The Morgan fingerprint density at radius 1 is 1.21 bits per heavy atom. The van der Waals surface area contributed by atoms with Gasteiger partial charge in [-0.2, -0.15) is 0 Å². The lowest BCUT2D eigenvalue weighted by molar-refractivity contribution is 0.0614. The standard InChI is InChI=1S/C22H25N3OS2/c1-24(22(26)19-16-28-21(23-19)20-10-6-14-27-20)18-9-5-12-25(15-18)13-11-17-7-3-2-4-8-17/h2-4,6-8,10,14,16,18H,5,9,11-13,15H2,1H3. The smallest absolute Gasteiger partial charge is 0.273 e. The molecule has 6 heteroatoms. The lowest BCUT2D eigenvalue weighted by Gasteiger charge is -2.37. The normalized spacial score (nSPS) is 17.5. The number of carbonyl (C=O) groups excluding carboxylic acids is 1. The second kappa shape index (κ2) is 8.99. The maximum atomic E-state index is 13.0. The molecule has 0 saturated carbocycles. The van der Waals surface area contributed by atoms with Crippen molar-refractivity contribution in [2.24, 2.45) is 0 Å². The molecule has 1 amide bonds. The highest BCUT2D eigenvalue weighted by molar-refractivity contribution is 7.20. The van der Waals surface area contributed by atoms with Gasteiger partial charge in [0.1, 0.15) is 10.7 Å². The zero-order valence-corrected chi connectivity index (χ0v) is 17.7. The maximum Gasteiger partial charge on any atom is 0.273 e. The van der Waals surface area contributed by atoms with Crippen LogP contribution in [0.4, 0.5) is 0 Å². The molecule has 4 rings (SSSR count). The molecule has 1 aliphatic rings. The number of hydrogen-bond donors (Lipinski definition) is 0. The number of rotatable bonds is 6. The molecule has 0 bridgehead atoms. The molecule has 1 aliphatic heterocycles. The van der Waals surface area contributed by atoms with Crippen molar-refractivity contribution in [3.8, 4) is 9.88 Å². The van der Waals surface area contributed by atoms with E-state index in [1.54, 1.807) is 22.7 Å². The van der Waals surface area contributed by atoms with Crippen LogP contribution in [0.1, 0.15) is 28.9 Å². The fourth-order valence-electron chi connectivity index (χ4n) is 3.71. The quantitative estimate of drug-likeness (QED) is 0.592. The monoisotopic (exact) mass is 411 g/mol. The Morgan fingerprint density at radius 3 is 2.86 bits per heavy atom. The summed E-state index contributed by atoms with van der Waals surface area (Å²) in [7, 11) is 1.93. The van der Waals surface area contributed by atoms with Crippen LogP contribution in [0.5, 0.6) is 0 Å². The lowest BCUT2D eigenvalue weighted by Crippen LogP contribution is -2.49. The van der Waals surface area contributed by atoms with Crippen molar-refractivity contribution in [1.82, 2.24) is 14.8 Å². The van der Waals surface area contributed by atoms with Gasteiger partial charge in [-0.1, -0.05) is 36.4 Å². The first-order valence-corrected chi connectivity index (χ1v) is 11.5. The second-order valence-corrected chi connectivity index (χ2v) is 9.07. The first kappa shape index (κ1) is 19.3. The molecule has 0 spiro atoms. The molecule has 0 radical (unpaired) electrons. The van der Waals surface area contributed by atoms with Crippen molar-refractivity contribution in [2.75, 3.05) is 26.7 Å². The maximum absolute atomic E-state index is 13.0. The van der Waals surface area contributed by atoms with Crippen molar-refractivity contribution in [3.63, 3.8) is 0 Å². The molecule has 3 aromatic rings. The summed E-state index contributed by atoms with van der Waals surface area (Å²) in [6, 6.07) is 14.9. The van der Waals surface area contributed by atoms with E-state index < -0.39 is 0 Å². The third kappa shape index (κ3) is 4.51. The molecule has 1 unspecified atom stereocenters. The van der Waals surface area contributed by atoms with Crippen molar-refractivity contribution >= 4 is 28.6 Å². The average molecular weight is 412 g/mol. The molecule has 3 heterocycles. The minimum absolute atomic E-state index is 0.0361. The fraction of sp³-hybridized carbons (Fsp3) is 0.364. The van der Waals surface area contributed by atoms with Crippen LogP contribution in [0.2, 0.25) is 0 Å². The van der Waals surface area contributed by atoms with E-state index in [1.807, 2.05) is 34.8 Å². The van der Waals surface area contributed by atoms with Crippen LogP contribution < -0.4 is 0 Å². The van der Waals surface area contributed by atoms with Gasteiger partial charge >= 0.3 is 0 Å². The Morgan fingerprint density at radius 2 is 2.07 bits per heavy atom. The number of hydrogen-bond acceptors (Lipinski definition) is 5. The molecular weight excluding hydrogens is 386 g/mol. The third-order valence-electron chi connectivity index (χ3n) is 5.36. The van der Waals surface area contributed by atoms with Gasteiger partial charge in [0.15, 0.2) is 0 Å². The van der Waals surface area contributed by atoms with E-state index in [0.29, 0.717) is 5.69 Å². The van der Waals surface area contributed by atoms with Gasteiger partial charge in [-0.25, -0.2) is 4.98 Å². The predicted octanol–water partition coefficient (Wildman–Crippen LogP) is 4.65. The molecule has 0 aliphatic carbocycles. The predicted molar refractivity (Wildman–Crippen MR) is 117 cm³/mol. The summed E-state index contributed by atoms with van der Waals surface area (Å²) < 4.78 is 0. The van der Waals surface area contributed by atoms with E-state index in [1.165, 1.54) is 5.56 Å². The van der Waals surface area contributed by atoms with Crippen molar-refractivity contribution < 1.29 is 4.79 Å². The lowest BCUT2D eigenvalue weighted by atomic mass is 10.0. The van der Waals surface area contributed by atoms with Crippen LogP contribution in [0.25, 0.3) is 9.88 Å². The van der Waals surface area contributed by atoms with Crippen LogP contribution in [0.15, 0.2) is 53.2 Å². The summed E-state index contributed by atoms with van der Waals surface area (Å²) in [5, 5.41) is 4.86. The minimum atomic E-state index is 0.0361. The fourth-order valence-corrected chi connectivity index (χ4v) is 5.32. The van der Waals surface area contributed by atoms with E-state index in [-0.39, 0.29) is 11.9 Å². The number of benzene rings is 1. The number of aromatic nitrogens is 1. The van der Waals surface area contributed by atoms with E-state index in [9.17, 15) is 4.79 Å². The van der Waals surface area contributed by atoms with Crippen molar-refractivity contribution in [1.29, 1.82) is 0 Å². The second-order valence-electron chi connectivity index (χ2n) is 7.26. The molecule has 0 N–H and O–H groups in total.